The third kappa shape index (κ3) is 2.96. The molecule has 2 fully saturated rings. The molecule has 1 saturated carbocycles. The van der Waals surface area contributed by atoms with Crippen molar-refractivity contribution in [3.63, 3.8) is 0 Å². The quantitative estimate of drug-likeness (QED) is 0.329. The van der Waals surface area contributed by atoms with Crippen molar-refractivity contribution in [2.45, 2.75) is 52.1 Å². The zero-order valence-electron chi connectivity index (χ0n) is 16.6. The van der Waals surface area contributed by atoms with Crippen molar-refractivity contribution in [3.05, 3.63) is 58.4 Å². The van der Waals surface area contributed by atoms with E-state index < -0.39 is 27.8 Å². The molecule has 29 heavy (non-hydrogen) atoms. The number of Topliss-reactive ketones (excluding diaryl/α,β-unsaturated/α-hetero) is 1. The van der Waals surface area contributed by atoms with Crippen LogP contribution in [-0.4, -0.2) is 21.2 Å². The van der Waals surface area contributed by atoms with Gasteiger partial charge in [0, 0.05) is 18.3 Å². The Bertz CT molecular complexity index is 985. The van der Waals surface area contributed by atoms with Gasteiger partial charge in [0.15, 0.2) is 11.9 Å². The highest BCUT2D eigenvalue weighted by molar-refractivity contribution is 6.08. The Hall–Kier alpha value is -2.96. The highest BCUT2D eigenvalue weighted by Crippen LogP contribution is 2.55. The predicted molar refractivity (Wildman–Crippen MR) is 106 cm³/mol. The molecular formula is C22H24N2O5. The van der Waals surface area contributed by atoms with Crippen molar-refractivity contribution in [2.24, 2.45) is 10.8 Å². The van der Waals surface area contributed by atoms with Crippen LogP contribution in [0.4, 0.5) is 5.69 Å². The van der Waals surface area contributed by atoms with E-state index in [0.29, 0.717) is 24.2 Å². The number of hydrogen-bond donors (Lipinski definition) is 0. The van der Waals surface area contributed by atoms with Crippen LogP contribution in [-0.2, 0) is 14.3 Å². The lowest BCUT2D eigenvalue weighted by Crippen LogP contribution is -2.55. The number of ether oxygens (including phenoxy) is 1. The summed E-state index contributed by atoms with van der Waals surface area (Å²) in [5, 5.41) is 11.2. The molecule has 1 aliphatic heterocycles. The number of carbonyl (C=O) groups is 2. The molecule has 7 heteroatoms. The third-order valence-electron chi connectivity index (χ3n) is 6.37. The summed E-state index contributed by atoms with van der Waals surface area (Å²) >= 11 is 0. The summed E-state index contributed by atoms with van der Waals surface area (Å²) in [6, 6.07) is 9.94. The van der Waals surface area contributed by atoms with Gasteiger partial charge < -0.3 is 9.30 Å². The monoisotopic (exact) mass is 396 g/mol. The molecule has 0 amide bonds. The molecule has 7 nitrogen and oxygen atoms in total. The Balaban J connectivity index is 1.83. The lowest BCUT2D eigenvalue weighted by molar-refractivity contribution is -0.384. The number of nitro benzene ring substituents is 1. The van der Waals surface area contributed by atoms with E-state index >= 15 is 0 Å². The molecule has 152 valence electrons. The van der Waals surface area contributed by atoms with Crippen LogP contribution in [0, 0.1) is 20.9 Å². The first-order valence-electron chi connectivity index (χ1n) is 9.95. The van der Waals surface area contributed by atoms with Gasteiger partial charge in [0.05, 0.1) is 21.7 Å². The fourth-order valence-corrected chi connectivity index (χ4v) is 4.82. The average molecular weight is 396 g/mol. The molecule has 4 rings (SSSR count). The number of rotatable bonds is 3. The SMILES string of the molecule is CC1(C)C(=O)OC(c2cccn2-c2cccc([N+](=O)[O-])c2)C2(CCCCC2)C1=O. The largest absolute Gasteiger partial charge is 0.454 e. The molecule has 2 heterocycles. The minimum Gasteiger partial charge on any atom is -0.454 e. The van der Waals surface area contributed by atoms with Crippen LogP contribution in [0.1, 0.15) is 57.7 Å². The summed E-state index contributed by atoms with van der Waals surface area (Å²) in [6.45, 7) is 3.29. The Labute approximate surface area is 168 Å². The number of benzene rings is 1. The smallest absolute Gasteiger partial charge is 0.319 e. The third-order valence-corrected chi connectivity index (χ3v) is 6.37. The van der Waals surface area contributed by atoms with Gasteiger partial charge in [0.2, 0.25) is 0 Å². The number of aromatic nitrogens is 1. The second-order valence-corrected chi connectivity index (χ2v) is 8.54. The van der Waals surface area contributed by atoms with Crippen LogP contribution < -0.4 is 0 Å². The van der Waals surface area contributed by atoms with Crippen LogP contribution in [0.25, 0.3) is 5.69 Å². The summed E-state index contributed by atoms with van der Waals surface area (Å²) in [5.74, 6) is -0.576. The van der Waals surface area contributed by atoms with E-state index in [1.165, 1.54) is 12.1 Å². The van der Waals surface area contributed by atoms with Crippen LogP contribution in [0.5, 0.6) is 0 Å². The molecule has 2 aliphatic rings. The summed E-state index contributed by atoms with van der Waals surface area (Å²) < 4.78 is 7.72. The van der Waals surface area contributed by atoms with Crippen LogP contribution in [0.15, 0.2) is 42.6 Å². The first-order chi connectivity index (χ1) is 13.8. The van der Waals surface area contributed by atoms with E-state index in [2.05, 4.69) is 0 Å². The number of esters is 1. The highest BCUT2D eigenvalue weighted by Gasteiger charge is 2.60. The number of non-ortho nitro benzene ring substituents is 1. The molecule has 1 saturated heterocycles. The van der Waals surface area contributed by atoms with E-state index in [9.17, 15) is 19.7 Å². The van der Waals surface area contributed by atoms with E-state index in [1.807, 2.05) is 12.1 Å². The van der Waals surface area contributed by atoms with Gasteiger partial charge >= 0.3 is 5.97 Å². The number of nitrogens with zero attached hydrogens (tertiary/aromatic N) is 2. The lowest BCUT2D eigenvalue weighted by Gasteiger charge is -2.49. The predicted octanol–water partition coefficient (Wildman–Crippen LogP) is 4.53. The van der Waals surface area contributed by atoms with Crippen LogP contribution >= 0.6 is 0 Å². The van der Waals surface area contributed by atoms with Crippen LogP contribution in [0.2, 0.25) is 0 Å². The zero-order chi connectivity index (χ0) is 20.8. The lowest BCUT2D eigenvalue weighted by atomic mass is 9.59. The number of cyclic esters (lactones) is 1. The average Bonchev–Trinajstić information content (AvgIpc) is 3.20. The van der Waals surface area contributed by atoms with Gasteiger partial charge in [-0.25, -0.2) is 0 Å². The van der Waals surface area contributed by atoms with Gasteiger partial charge in [-0.05, 0) is 44.9 Å². The van der Waals surface area contributed by atoms with Gasteiger partial charge in [-0.3, -0.25) is 19.7 Å². The number of ketones is 1. The minimum absolute atomic E-state index is 0.0209. The Morgan fingerprint density at radius 1 is 1.10 bits per heavy atom. The molecule has 1 spiro atoms. The van der Waals surface area contributed by atoms with Gasteiger partial charge in [0.25, 0.3) is 5.69 Å². The minimum atomic E-state index is -1.17. The molecular weight excluding hydrogens is 372 g/mol. The molecule has 0 radical (unpaired) electrons. The number of carbonyl (C=O) groups excluding carboxylic acids is 2. The van der Waals surface area contributed by atoms with E-state index in [1.54, 1.807) is 36.7 Å². The molecule has 2 aromatic rings. The van der Waals surface area contributed by atoms with Crippen molar-refractivity contribution < 1.29 is 19.2 Å². The molecule has 0 N–H and O–H groups in total. The maximum Gasteiger partial charge on any atom is 0.319 e. The first-order valence-corrected chi connectivity index (χ1v) is 9.95. The van der Waals surface area contributed by atoms with E-state index in [0.717, 1.165) is 19.3 Å². The second-order valence-electron chi connectivity index (χ2n) is 8.54. The zero-order valence-corrected chi connectivity index (χ0v) is 16.6. The summed E-state index contributed by atoms with van der Waals surface area (Å²) in [6.07, 6.45) is 5.30. The maximum atomic E-state index is 13.5. The summed E-state index contributed by atoms with van der Waals surface area (Å²) in [7, 11) is 0. The first kappa shape index (κ1) is 19.4. The molecule has 0 bridgehead atoms. The molecule has 1 aromatic heterocycles. The van der Waals surface area contributed by atoms with E-state index in [4.69, 9.17) is 4.74 Å². The standard InChI is InChI=1S/C22H24N2O5/c1-21(2)19(25)22(11-4-3-5-12-22)18(29-20(21)26)17-10-7-13-23(17)15-8-6-9-16(14-15)24(27)28/h6-10,13-14,18H,3-5,11-12H2,1-2H3. The summed E-state index contributed by atoms with van der Waals surface area (Å²) in [4.78, 5) is 37.0. The van der Waals surface area contributed by atoms with Crippen molar-refractivity contribution in [1.82, 2.24) is 4.57 Å². The molecule has 1 aliphatic carbocycles. The highest BCUT2D eigenvalue weighted by atomic mass is 16.6. The maximum absolute atomic E-state index is 13.5. The van der Waals surface area contributed by atoms with Gasteiger partial charge in [-0.15, -0.1) is 0 Å². The number of nitro groups is 1. The summed E-state index contributed by atoms with van der Waals surface area (Å²) in [5.41, 5.74) is -0.682. The topological polar surface area (TPSA) is 91.4 Å². The van der Waals surface area contributed by atoms with Crippen molar-refractivity contribution in [3.8, 4) is 5.69 Å². The Kier molecular flexibility index (Phi) is 4.56. The van der Waals surface area contributed by atoms with Gasteiger partial charge in [-0.1, -0.05) is 25.3 Å². The Morgan fingerprint density at radius 3 is 2.52 bits per heavy atom. The van der Waals surface area contributed by atoms with Crippen molar-refractivity contribution >= 4 is 17.4 Å². The van der Waals surface area contributed by atoms with E-state index in [-0.39, 0.29) is 11.5 Å². The normalized spacial score (nSPS) is 23.0. The van der Waals surface area contributed by atoms with Gasteiger partial charge in [-0.2, -0.15) is 0 Å². The van der Waals surface area contributed by atoms with Gasteiger partial charge in [0.1, 0.15) is 5.41 Å². The second kappa shape index (κ2) is 6.83. The molecule has 1 atom stereocenters. The fourth-order valence-electron chi connectivity index (χ4n) is 4.82. The fraction of sp³-hybridized carbons (Fsp3) is 0.455. The molecule has 1 unspecified atom stereocenters. The van der Waals surface area contributed by atoms with Crippen molar-refractivity contribution in [2.75, 3.05) is 0 Å². The Morgan fingerprint density at radius 2 is 1.83 bits per heavy atom. The number of hydrogen-bond acceptors (Lipinski definition) is 5. The molecule has 1 aromatic carbocycles. The van der Waals surface area contributed by atoms with Crippen LogP contribution in [0.3, 0.4) is 0 Å². The van der Waals surface area contributed by atoms with Crippen molar-refractivity contribution in [1.29, 1.82) is 0 Å².